The van der Waals surface area contributed by atoms with Crippen molar-refractivity contribution in [1.82, 2.24) is 5.32 Å². The second-order valence-corrected chi connectivity index (χ2v) is 24.2. The molecule has 2 atom stereocenters. The maximum atomic E-state index is 12.6. The first-order chi connectivity index (χ1) is 37.5. The molecule has 6 nitrogen and oxygen atoms in total. The molecule has 0 rings (SSSR count). The number of allylic oxidation sites excluding steroid dienone is 2. The Labute approximate surface area is 476 Å². The Morgan fingerprint density at radius 2 is 0.618 bits per heavy atom. The lowest BCUT2D eigenvalue weighted by Crippen LogP contribution is -2.45. The van der Waals surface area contributed by atoms with Crippen LogP contribution in [0.2, 0.25) is 0 Å². The fourth-order valence-corrected chi connectivity index (χ4v) is 11.2. The summed E-state index contributed by atoms with van der Waals surface area (Å²) in [5.74, 6) is -0.0283. The Balaban J connectivity index is 3.39. The quantitative estimate of drug-likeness (QED) is 0.0320. The van der Waals surface area contributed by atoms with Crippen molar-refractivity contribution in [3.63, 3.8) is 0 Å². The standard InChI is InChI=1S/C70H137NO5/c1-3-5-7-9-11-13-15-17-19-21-22-23-24-25-26-27-31-34-38-42-46-50-54-58-62-68(73)67(66-72)71-69(74)63-59-55-51-47-43-39-35-32-28-29-33-37-41-45-49-53-57-61-65-76-70(75)64-60-56-52-48-44-40-36-30-20-18-16-14-12-10-8-6-4-2/h18,20,67-68,72-73H,3-17,19,21-66H2,1-2H3,(H,71,74)/b20-18-. The predicted molar refractivity (Wildman–Crippen MR) is 333 cm³/mol. The van der Waals surface area contributed by atoms with Crippen LogP contribution in [0.1, 0.15) is 399 Å². The van der Waals surface area contributed by atoms with Crippen LogP contribution in [0.3, 0.4) is 0 Å². The lowest BCUT2D eigenvalue weighted by molar-refractivity contribution is -0.143. The van der Waals surface area contributed by atoms with Gasteiger partial charge in [0.1, 0.15) is 0 Å². The zero-order valence-electron chi connectivity index (χ0n) is 51.8. The average molecular weight is 1070 g/mol. The van der Waals surface area contributed by atoms with E-state index in [1.165, 1.54) is 321 Å². The number of amides is 1. The molecule has 3 N–H and O–H groups in total. The predicted octanol–water partition coefficient (Wildman–Crippen LogP) is 22.4. The molecule has 0 aliphatic heterocycles. The van der Waals surface area contributed by atoms with Gasteiger partial charge in [0.05, 0.1) is 25.4 Å². The molecule has 0 radical (unpaired) electrons. The van der Waals surface area contributed by atoms with Crippen LogP contribution < -0.4 is 5.32 Å². The molecule has 0 saturated carbocycles. The van der Waals surface area contributed by atoms with E-state index in [0.29, 0.717) is 25.9 Å². The van der Waals surface area contributed by atoms with Gasteiger partial charge in [0.25, 0.3) is 0 Å². The number of aliphatic hydroxyl groups excluding tert-OH is 2. The molecule has 1 amide bonds. The lowest BCUT2D eigenvalue weighted by atomic mass is 10.0. The van der Waals surface area contributed by atoms with Gasteiger partial charge in [-0.2, -0.15) is 0 Å². The monoisotopic (exact) mass is 1070 g/mol. The van der Waals surface area contributed by atoms with Gasteiger partial charge in [-0.05, 0) is 51.4 Å². The Hall–Kier alpha value is -1.40. The normalized spacial score (nSPS) is 12.5. The highest BCUT2D eigenvalue weighted by atomic mass is 16.5. The number of rotatable bonds is 66. The molecule has 452 valence electrons. The van der Waals surface area contributed by atoms with Crippen molar-refractivity contribution in [1.29, 1.82) is 0 Å². The van der Waals surface area contributed by atoms with E-state index in [1.54, 1.807) is 0 Å². The second kappa shape index (κ2) is 66.1. The van der Waals surface area contributed by atoms with E-state index in [9.17, 15) is 19.8 Å². The van der Waals surface area contributed by atoms with Crippen molar-refractivity contribution in [3.05, 3.63) is 12.2 Å². The number of aliphatic hydroxyl groups is 2. The Morgan fingerprint density at radius 3 is 0.934 bits per heavy atom. The third-order valence-corrected chi connectivity index (χ3v) is 16.6. The third-order valence-electron chi connectivity index (χ3n) is 16.6. The molecule has 0 aliphatic carbocycles. The van der Waals surface area contributed by atoms with E-state index < -0.39 is 12.1 Å². The SMILES string of the molecule is CCCCCCCC/C=C\CCCCCCCCCC(=O)OCCCCCCCCCCCCCCCCCCCCC(=O)NC(CO)C(O)CCCCCCCCCCCCCCCCCCCCCCCCCC. The number of unbranched alkanes of at least 4 members (excludes halogenated alkanes) is 53. The molecule has 0 heterocycles. The minimum absolute atomic E-state index is 0.00553. The van der Waals surface area contributed by atoms with E-state index in [0.717, 1.165) is 44.9 Å². The van der Waals surface area contributed by atoms with E-state index in [1.807, 2.05) is 0 Å². The first-order valence-electron chi connectivity index (χ1n) is 34.9. The maximum absolute atomic E-state index is 12.6. The summed E-state index contributed by atoms with van der Waals surface area (Å²) >= 11 is 0. The van der Waals surface area contributed by atoms with E-state index in [2.05, 4.69) is 31.3 Å². The zero-order valence-corrected chi connectivity index (χ0v) is 51.8. The van der Waals surface area contributed by atoms with E-state index in [-0.39, 0.29) is 18.5 Å². The van der Waals surface area contributed by atoms with Crippen molar-refractivity contribution in [2.75, 3.05) is 13.2 Å². The van der Waals surface area contributed by atoms with E-state index in [4.69, 9.17) is 4.74 Å². The Kier molecular flexibility index (Phi) is 64.9. The molecule has 76 heavy (non-hydrogen) atoms. The summed E-state index contributed by atoms with van der Waals surface area (Å²) in [6, 6.07) is -0.546. The van der Waals surface area contributed by atoms with Crippen LogP contribution in [0.4, 0.5) is 0 Å². The number of nitrogens with one attached hydrogen (secondary N) is 1. The van der Waals surface area contributed by atoms with Crippen LogP contribution in [-0.4, -0.2) is 47.4 Å². The molecule has 0 bridgehead atoms. The average Bonchev–Trinajstić information content (AvgIpc) is 3.42. The minimum Gasteiger partial charge on any atom is -0.466 e. The molecular weight excluding hydrogens is 935 g/mol. The number of carbonyl (C=O) groups is 2. The second-order valence-electron chi connectivity index (χ2n) is 24.2. The number of ether oxygens (including phenoxy) is 1. The molecule has 6 heteroatoms. The first kappa shape index (κ1) is 74.6. The van der Waals surface area contributed by atoms with Crippen molar-refractivity contribution in [2.45, 2.75) is 411 Å². The fourth-order valence-electron chi connectivity index (χ4n) is 11.2. The first-order valence-corrected chi connectivity index (χ1v) is 34.9. The lowest BCUT2D eigenvalue weighted by Gasteiger charge is -2.22. The van der Waals surface area contributed by atoms with Crippen LogP contribution in [0.25, 0.3) is 0 Å². The Morgan fingerprint density at radius 1 is 0.355 bits per heavy atom. The fraction of sp³-hybridized carbons (Fsp3) is 0.943. The molecule has 0 aromatic heterocycles. The van der Waals surface area contributed by atoms with Gasteiger partial charge in [0, 0.05) is 12.8 Å². The van der Waals surface area contributed by atoms with E-state index >= 15 is 0 Å². The summed E-state index contributed by atoms with van der Waals surface area (Å²) in [7, 11) is 0. The Bertz CT molecular complexity index is 1140. The van der Waals surface area contributed by atoms with Gasteiger partial charge in [-0.1, -0.05) is 347 Å². The summed E-state index contributed by atoms with van der Waals surface area (Å²) in [6.07, 6.45) is 81.0. The summed E-state index contributed by atoms with van der Waals surface area (Å²) < 4.78 is 5.50. The molecule has 0 saturated heterocycles. The number of esters is 1. The van der Waals surface area contributed by atoms with Gasteiger partial charge in [0.15, 0.2) is 0 Å². The van der Waals surface area contributed by atoms with Gasteiger partial charge in [-0.3, -0.25) is 9.59 Å². The molecule has 0 aromatic rings. The zero-order chi connectivity index (χ0) is 55.0. The smallest absolute Gasteiger partial charge is 0.305 e. The highest BCUT2D eigenvalue weighted by Crippen LogP contribution is 2.19. The van der Waals surface area contributed by atoms with Crippen molar-refractivity contribution < 1.29 is 24.5 Å². The summed E-state index contributed by atoms with van der Waals surface area (Å²) in [6.45, 7) is 4.98. The molecule has 0 aromatic carbocycles. The number of hydrogen-bond acceptors (Lipinski definition) is 5. The van der Waals surface area contributed by atoms with Crippen LogP contribution in [0, 0.1) is 0 Å². The summed E-state index contributed by atoms with van der Waals surface area (Å²) in [5.41, 5.74) is 0. The van der Waals surface area contributed by atoms with Gasteiger partial charge in [-0.15, -0.1) is 0 Å². The van der Waals surface area contributed by atoms with Crippen LogP contribution in [0.5, 0.6) is 0 Å². The maximum Gasteiger partial charge on any atom is 0.305 e. The summed E-state index contributed by atoms with van der Waals surface area (Å²) in [4.78, 5) is 24.7. The highest BCUT2D eigenvalue weighted by molar-refractivity contribution is 5.76. The molecule has 2 unspecified atom stereocenters. The molecule has 0 aliphatic rings. The topological polar surface area (TPSA) is 95.9 Å². The van der Waals surface area contributed by atoms with Gasteiger partial charge < -0.3 is 20.3 Å². The molecule has 0 spiro atoms. The van der Waals surface area contributed by atoms with Crippen molar-refractivity contribution in [2.24, 2.45) is 0 Å². The van der Waals surface area contributed by atoms with Crippen LogP contribution in [0.15, 0.2) is 12.2 Å². The molecular formula is C70H137NO5. The van der Waals surface area contributed by atoms with Gasteiger partial charge >= 0.3 is 5.97 Å². The third kappa shape index (κ3) is 61.8. The van der Waals surface area contributed by atoms with Gasteiger partial charge in [0.2, 0.25) is 5.91 Å². The van der Waals surface area contributed by atoms with Gasteiger partial charge in [-0.25, -0.2) is 0 Å². The van der Waals surface area contributed by atoms with Crippen molar-refractivity contribution in [3.8, 4) is 0 Å². The number of hydrogen-bond donors (Lipinski definition) is 3. The molecule has 0 fully saturated rings. The minimum atomic E-state index is -0.668. The summed E-state index contributed by atoms with van der Waals surface area (Å²) in [5, 5.41) is 23.4. The largest absolute Gasteiger partial charge is 0.466 e. The highest BCUT2D eigenvalue weighted by Gasteiger charge is 2.20. The van der Waals surface area contributed by atoms with Crippen LogP contribution in [-0.2, 0) is 14.3 Å². The van der Waals surface area contributed by atoms with Crippen LogP contribution >= 0.6 is 0 Å². The number of carbonyl (C=O) groups excluding carboxylic acids is 2. The van der Waals surface area contributed by atoms with Crippen molar-refractivity contribution >= 4 is 11.9 Å².